The Kier molecular flexibility index (Phi) is 6.68. The van der Waals surface area contributed by atoms with Crippen molar-refractivity contribution in [2.24, 2.45) is 0 Å². The van der Waals surface area contributed by atoms with Crippen LogP contribution in [0, 0.1) is 0 Å². The lowest BCUT2D eigenvalue weighted by atomic mass is 10.00. The highest BCUT2D eigenvalue weighted by Crippen LogP contribution is 2.32. The summed E-state index contributed by atoms with van der Waals surface area (Å²) < 4.78 is 1.77. The second-order valence-electron chi connectivity index (χ2n) is 10.4. The molecule has 0 radical (unpaired) electrons. The maximum atomic E-state index is 13.7. The number of carbonyl (C=O) groups excluding carboxylic acids is 1. The van der Waals surface area contributed by atoms with Crippen molar-refractivity contribution in [3.63, 3.8) is 0 Å². The van der Waals surface area contributed by atoms with Gasteiger partial charge in [0.1, 0.15) is 0 Å². The fraction of sp³-hybridized carbons (Fsp3) is 0.323. The van der Waals surface area contributed by atoms with Crippen molar-refractivity contribution in [1.29, 1.82) is 0 Å². The summed E-state index contributed by atoms with van der Waals surface area (Å²) in [7, 11) is 2.16. The Balaban J connectivity index is 1.30. The van der Waals surface area contributed by atoms with E-state index >= 15 is 0 Å². The summed E-state index contributed by atoms with van der Waals surface area (Å²) in [6.07, 6.45) is 1.79. The zero-order valence-electron chi connectivity index (χ0n) is 21.8. The first-order valence-corrected chi connectivity index (χ1v) is 13.4. The van der Waals surface area contributed by atoms with Crippen LogP contribution in [0.25, 0.3) is 10.9 Å². The van der Waals surface area contributed by atoms with E-state index in [0.717, 1.165) is 38.2 Å². The number of hydrogen-bond acceptors (Lipinski definition) is 5. The van der Waals surface area contributed by atoms with Crippen molar-refractivity contribution in [2.45, 2.75) is 31.8 Å². The molecule has 0 saturated carbocycles. The van der Waals surface area contributed by atoms with Crippen LogP contribution in [-0.4, -0.2) is 53.6 Å². The number of benzene rings is 3. The molecular formula is C31H33N5O2. The van der Waals surface area contributed by atoms with Crippen LogP contribution >= 0.6 is 0 Å². The number of para-hydroxylation sites is 1. The number of rotatable bonds is 6. The molecule has 6 rings (SSSR count). The van der Waals surface area contributed by atoms with E-state index in [4.69, 9.17) is 4.98 Å². The minimum absolute atomic E-state index is 0.00777. The van der Waals surface area contributed by atoms with Gasteiger partial charge in [-0.05, 0) is 55.3 Å². The molecule has 38 heavy (non-hydrogen) atoms. The molecule has 0 spiro atoms. The molecule has 3 heterocycles. The lowest BCUT2D eigenvalue weighted by Crippen LogP contribution is -2.45. The van der Waals surface area contributed by atoms with Crippen molar-refractivity contribution >= 4 is 28.4 Å². The predicted octanol–water partition coefficient (Wildman–Crippen LogP) is 4.26. The molecule has 2 aliphatic heterocycles. The van der Waals surface area contributed by atoms with E-state index in [-0.39, 0.29) is 17.5 Å². The molecule has 1 atom stereocenters. The van der Waals surface area contributed by atoms with Crippen LogP contribution in [0.4, 0.5) is 11.6 Å². The molecular weight excluding hydrogens is 474 g/mol. The summed E-state index contributed by atoms with van der Waals surface area (Å²) in [5, 5.41) is 0.590. The van der Waals surface area contributed by atoms with Gasteiger partial charge in [0.15, 0.2) is 0 Å². The zero-order chi connectivity index (χ0) is 26.1. The van der Waals surface area contributed by atoms with Crippen LogP contribution < -0.4 is 15.4 Å². The number of likely N-dealkylation sites (N-methyl/N-ethyl adjacent to an activating group) is 1. The van der Waals surface area contributed by atoms with E-state index in [9.17, 15) is 9.59 Å². The van der Waals surface area contributed by atoms with Crippen molar-refractivity contribution in [3.8, 4) is 0 Å². The first kappa shape index (κ1) is 24.4. The Morgan fingerprint density at radius 1 is 0.816 bits per heavy atom. The number of aryl methyl sites for hydroxylation is 1. The Morgan fingerprint density at radius 3 is 2.29 bits per heavy atom. The molecule has 1 unspecified atom stereocenters. The Bertz CT molecular complexity index is 1490. The molecule has 1 fully saturated rings. The summed E-state index contributed by atoms with van der Waals surface area (Å²) in [5.41, 5.74) is 3.97. The van der Waals surface area contributed by atoms with Crippen molar-refractivity contribution < 1.29 is 4.79 Å². The van der Waals surface area contributed by atoms with Crippen molar-refractivity contribution in [2.75, 3.05) is 43.0 Å². The fourth-order valence-corrected chi connectivity index (χ4v) is 5.60. The van der Waals surface area contributed by atoms with Crippen molar-refractivity contribution in [1.82, 2.24) is 14.5 Å². The largest absolute Gasteiger partial charge is 0.369 e. The normalized spacial score (nSPS) is 18.1. The van der Waals surface area contributed by atoms with E-state index in [2.05, 4.69) is 53.2 Å². The summed E-state index contributed by atoms with van der Waals surface area (Å²) in [5.74, 6) is 0.458. The third-order valence-corrected chi connectivity index (χ3v) is 7.86. The first-order chi connectivity index (χ1) is 18.6. The van der Waals surface area contributed by atoms with Gasteiger partial charge in [0.05, 0.1) is 17.4 Å². The third-order valence-electron chi connectivity index (χ3n) is 7.86. The highest BCUT2D eigenvalue weighted by atomic mass is 16.2. The molecule has 3 aromatic carbocycles. The van der Waals surface area contributed by atoms with Crippen LogP contribution in [0.3, 0.4) is 0 Å². The average Bonchev–Trinajstić information content (AvgIpc) is 2.95. The molecule has 7 nitrogen and oxygen atoms in total. The van der Waals surface area contributed by atoms with Gasteiger partial charge in [-0.15, -0.1) is 0 Å². The molecule has 1 amide bonds. The summed E-state index contributed by atoms with van der Waals surface area (Å²) in [4.78, 5) is 38.5. The van der Waals surface area contributed by atoms with Crippen LogP contribution in [0.2, 0.25) is 0 Å². The quantitative estimate of drug-likeness (QED) is 0.390. The number of piperazine rings is 1. The molecule has 0 aliphatic carbocycles. The number of fused-ring (bicyclic) bond motifs is 2. The van der Waals surface area contributed by atoms with E-state index in [0.29, 0.717) is 36.2 Å². The summed E-state index contributed by atoms with van der Waals surface area (Å²) in [6, 6.07) is 25.9. The maximum absolute atomic E-state index is 13.7. The highest BCUT2D eigenvalue weighted by Gasteiger charge is 2.34. The number of nitrogens with zero attached hydrogens (tertiary/aromatic N) is 5. The highest BCUT2D eigenvalue weighted by molar-refractivity contribution is 5.94. The Labute approximate surface area is 222 Å². The van der Waals surface area contributed by atoms with E-state index in [1.165, 1.54) is 11.3 Å². The Morgan fingerprint density at radius 2 is 1.53 bits per heavy atom. The average molecular weight is 508 g/mol. The third kappa shape index (κ3) is 4.82. The minimum atomic E-state index is -0.224. The van der Waals surface area contributed by atoms with Crippen LogP contribution in [-0.2, 0) is 17.8 Å². The van der Waals surface area contributed by atoms with E-state index < -0.39 is 0 Å². The summed E-state index contributed by atoms with van der Waals surface area (Å²) >= 11 is 0. The second kappa shape index (κ2) is 10.4. The van der Waals surface area contributed by atoms with Gasteiger partial charge in [0, 0.05) is 44.3 Å². The van der Waals surface area contributed by atoms with E-state index in [1.807, 2.05) is 42.5 Å². The molecule has 0 N–H and O–H groups in total. The van der Waals surface area contributed by atoms with Gasteiger partial charge >= 0.3 is 0 Å². The van der Waals surface area contributed by atoms with Gasteiger partial charge in [0.2, 0.25) is 11.9 Å². The van der Waals surface area contributed by atoms with Gasteiger partial charge in [0.25, 0.3) is 5.56 Å². The van der Waals surface area contributed by atoms with Gasteiger partial charge in [-0.2, -0.15) is 0 Å². The number of carbonyl (C=O) groups is 1. The van der Waals surface area contributed by atoms with Gasteiger partial charge < -0.3 is 9.80 Å². The Hall–Kier alpha value is -3.97. The number of amides is 1. The maximum Gasteiger partial charge on any atom is 0.263 e. The van der Waals surface area contributed by atoms with Gasteiger partial charge in [-0.25, -0.2) is 4.98 Å². The molecule has 194 valence electrons. The second-order valence-corrected chi connectivity index (χ2v) is 10.4. The number of hydrogen-bond donors (Lipinski definition) is 0. The molecule has 2 aliphatic rings. The van der Waals surface area contributed by atoms with Crippen molar-refractivity contribution in [3.05, 3.63) is 100 Å². The molecule has 1 aromatic heterocycles. The predicted molar refractivity (Wildman–Crippen MR) is 152 cm³/mol. The van der Waals surface area contributed by atoms with Gasteiger partial charge in [-0.1, -0.05) is 54.6 Å². The van der Waals surface area contributed by atoms with Gasteiger partial charge in [-0.3, -0.25) is 19.1 Å². The fourth-order valence-electron chi connectivity index (χ4n) is 5.60. The topological polar surface area (TPSA) is 61.7 Å². The molecule has 1 saturated heterocycles. The first-order valence-electron chi connectivity index (χ1n) is 13.4. The number of aromatic nitrogens is 2. The standard InChI is InChI=1S/C31H33N5O2/c1-33-17-19-34(20-18-33)25-14-12-24(13-15-25)22-35-29(37)21-26(16-11-23-7-3-2-4-8-23)36-30(38)27-9-5-6-10-28(27)32-31(35)36/h2-10,12-15,26H,11,16-22H2,1H3. The van der Waals surface area contributed by atoms with Crippen LogP contribution in [0.15, 0.2) is 83.7 Å². The smallest absolute Gasteiger partial charge is 0.263 e. The summed E-state index contributed by atoms with van der Waals surface area (Å²) in [6.45, 7) is 4.52. The van der Waals surface area contributed by atoms with Crippen LogP contribution in [0.1, 0.15) is 30.0 Å². The van der Waals surface area contributed by atoms with Crippen LogP contribution in [0.5, 0.6) is 0 Å². The number of anilines is 2. The monoisotopic (exact) mass is 507 g/mol. The minimum Gasteiger partial charge on any atom is -0.369 e. The SMILES string of the molecule is CN1CCN(c2ccc(CN3C(=O)CC(CCc4ccccc4)n4c3nc3ccccc3c4=O)cc2)CC1. The zero-order valence-corrected chi connectivity index (χ0v) is 21.8. The molecule has 7 heteroatoms. The molecule has 0 bridgehead atoms. The molecule has 4 aromatic rings. The lowest BCUT2D eigenvalue weighted by molar-refractivity contribution is -0.120. The lowest BCUT2D eigenvalue weighted by Gasteiger charge is -2.35. The van der Waals surface area contributed by atoms with E-state index in [1.54, 1.807) is 9.47 Å².